The van der Waals surface area contributed by atoms with Crippen molar-refractivity contribution >= 4 is 11.8 Å². The Balaban J connectivity index is 1.69. The van der Waals surface area contributed by atoms with Gasteiger partial charge in [0.25, 0.3) is 0 Å². The van der Waals surface area contributed by atoms with Crippen LogP contribution in [0.4, 0.5) is 0 Å². The molecule has 0 spiro atoms. The van der Waals surface area contributed by atoms with Gasteiger partial charge in [0.1, 0.15) is 0 Å². The van der Waals surface area contributed by atoms with Crippen molar-refractivity contribution in [3.8, 4) is 0 Å². The lowest BCUT2D eigenvalue weighted by Gasteiger charge is -2.52. The smallest absolute Gasteiger partial charge is 0.222 e. The second kappa shape index (κ2) is 5.38. The molecular formula is C16H26N2O2. The number of fused-ring (bicyclic) bond motifs is 4. The molecule has 3 heterocycles. The third-order valence-corrected chi connectivity index (χ3v) is 5.12. The lowest BCUT2D eigenvalue weighted by Crippen LogP contribution is -2.61. The highest BCUT2D eigenvalue weighted by molar-refractivity contribution is 5.78. The van der Waals surface area contributed by atoms with Crippen molar-refractivity contribution in [3.05, 3.63) is 0 Å². The van der Waals surface area contributed by atoms with E-state index in [-0.39, 0.29) is 0 Å². The van der Waals surface area contributed by atoms with Gasteiger partial charge in [0.2, 0.25) is 11.8 Å². The van der Waals surface area contributed by atoms with E-state index in [2.05, 4.69) is 23.6 Å². The maximum absolute atomic E-state index is 12.3. The van der Waals surface area contributed by atoms with Crippen LogP contribution in [0.5, 0.6) is 0 Å². The summed E-state index contributed by atoms with van der Waals surface area (Å²) in [5, 5.41) is 0. The third-order valence-electron chi connectivity index (χ3n) is 5.12. The summed E-state index contributed by atoms with van der Waals surface area (Å²) in [5.41, 5.74) is 0. The van der Waals surface area contributed by atoms with Crippen molar-refractivity contribution in [2.75, 3.05) is 19.6 Å². The van der Waals surface area contributed by atoms with Gasteiger partial charge in [0.05, 0.1) is 0 Å². The van der Waals surface area contributed by atoms with Gasteiger partial charge in [-0.15, -0.1) is 0 Å². The summed E-state index contributed by atoms with van der Waals surface area (Å²) in [4.78, 5) is 28.6. The maximum Gasteiger partial charge on any atom is 0.222 e. The van der Waals surface area contributed by atoms with Gasteiger partial charge >= 0.3 is 0 Å². The molecule has 3 atom stereocenters. The van der Waals surface area contributed by atoms with E-state index < -0.39 is 0 Å². The van der Waals surface area contributed by atoms with E-state index in [1.165, 1.54) is 6.42 Å². The lowest BCUT2D eigenvalue weighted by molar-refractivity contribution is -0.149. The summed E-state index contributed by atoms with van der Waals surface area (Å²) >= 11 is 0. The van der Waals surface area contributed by atoms with Crippen molar-refractivity contribution in [1.29, 1.82) is 0 Å². The van der Waals surface area contributed by atoms with Crippen LogP contribution in [0.25, 0.3) is 0 Å². The summed E-state index contributed by atoms with van der Waals surface area (Å²) in [5.74, 6) is 2.10. The van der Waals surface area contributed by atoms with Gasteiger partial charge in [-0.05, 0) is 37.0 Å². The fourth-order valence-corrected chi connectivity index (χ4v) is 4.29. The first kappa shape index (κ1) is 13.9. The Hall–Kier alpha value is -1.06. The molecule has 3 rings (SSSR count). The Morgan fingerprint density at radius 1 is 1.30 bits per heavy atom. The third kappa shape index (κ3) is 2.57. The summed E-state index contributed by atoms with van der Waals surface area (Å²) < 4.78 is 0. The van der Waals surface area contributed by atoms with Crippen LogP contribution < -0.4 is 0 Å². The molecule has 20 heavy (non-hydrogen) atoms. The van der Waals surface area contributed by atoms with E-state index in [9.17, 15) is 9.59 Å². The molecule has 4 nitrogen and oxygen atoms in total. The highest BCUT2D eigenvalue weighted by atomic mass is 16.2. The maximum atomic E-state index is 12.3. The molecule has 3 fully saturated rings. The van der Waals surface area contributed by atoms with E-state index in [0.29, 0.717) is 42.0 Å². The van der Waals surface area contributed by atoms with Gasteiger partial charge in [0, 0.05) is 38.5 Å². The van der Waals surface area contributed by atoms with Crippen LogP contribution in [-0.4, -0.2) is 47.3 Å². The second-order valence-electron chi connectivity index (χ2n) is 7.26. The first-order chi connectivity index (χ1) is 9.54. The topological polar surface area (TPSA) is 40.6 Å². The van der Waals surface area contributed by atoms with Gasteiger partial charge < -0.3 is 9.80 Å². The number of rotatable bonds is 2. The average molecular weight is 278 g/mol. The summed E-state index contributed by atoms with van der Waals surface area (Å²) in [6.07, 6.45) is 4.76. The fraction of sp³-hybridized carbons (Fsp3) is 0.875. The lowest BCUT2D eigenvalue weighted by atomic mass is 9.76. The second-order valence-corrected chi connectivity index (χ2v) is 7.26. The van der Waals surface area contributed by atoms with Gasteiger partial charge in [0.15, 0.2) is 0 Å². The summed E-state index contributed by atoms with van der Waals surface area (Å²) in [7, 11) is 0. The van der Waals surface area contributed by atoms with Gasteiger partial charge in [-0.2, -0.15) is 0 Å². The molecule has 112 valence electrons. The fourth-order valence-electron chi connectivity index (χ4n) is 4.29. The summed E-state index contributed by atoms with van der Waals surface area (Å²) in [6.45, 7) is 6.81. The van der Waals surface area contributed by atoms with E-state index in [0.717, 1.165) is 38.9 Å². The number of carbonyl (C=O) groups excluding carboxylic acids is 2. The van der Waals surface area contributed by atoms with Crippen molar-refractivity contribution in [1.82, 2.24) is 9.80 Å². The number of likely N-dealkylation sites (tertiary alicyclic amines) is 1. The predicted octanol–water partition coefficient (Wildman–Crippen LogP) is 1.89. The first-order valence-corrected chi connectivity index (χ1v) is 8.12. The van der Waals surface area contributed by atoms with E-state index in [1.807, 2.05) is 0 Å². The molecule has 0 aromatic rings. The number of amides is 2. The highest BCUT2D eigenvalue weighted by Crippen LogP contribution is 2.38. The zero-order valence-corrected chi connectivity index (χ0v) is 12.7. The number of hydrogen-bond acceptors (Lipinski definition) is 2. The Labute approximate surface area is 121 Å². The minimum absolute atomic E-state index is 0.310. The van der Waals surface area contributed by atoms with Crippen LogP contribution in [-0.2, 0) is 9.59 Å². The Bertz CT molecular complexity index is 407. The quantitative estimate of drug-likeness (QED) is 0.774. The molecule has 2 unspecified atom stereocenters. The molecule has 3 aliphatic heterocycles. The molecule has 0 aromatic heterocycles. The van der Waals surface area contributed by atoms with Crippen LogP contribution in [0.2, 0.25) is 0 Å². The van der Waals surface area contributed by atoms with Crippen molar-refractivity contribution < 1.29 is 9.59 Å². The first-order valence-electron chi connectivity index (χ1n) is 8.12. The van der Waals surface area contributed by atoms with Crippen LogP contribution >= 0.6 is 0 Å². The van der Waals surface area contributed by atoms with E-state index >= 15 is 0 Å². The zero-order chi connectivity index (χ0) is 14.3. The van der Waals surface area contributed by atoms with Gasteiger partial charge in [-0.1, -0.05) is 13.8 Å². The zero-order valence-electron chi connectivity index (χ0n) is 12.7. The van der Waals surface area contributed by atoms with Crippen LogP contribution in [0.1, 0.15) is 46.0 Å². The molecule has 2 bridgehead atoms. The van der Waals surface area contributed by atoms with E-state index in [1.54, 1.807) is 0 Å². The molecule has 0 aliphatic carbocycles. The van der Waals surface area contributed by atoms with Gasteiger partial charge in [-0.25, -0.2) is 0 Å². The van der Waals surface area contributed by atoms with E-state index in [4.69, 9.17) is 0 Å². The van der Waals surface area contributed by atoms with Crippen molar-refractivity contribution in [3.63, 3.8) is 0 Å². The summed E-state index contributed by atoms with van der Waals surface area (Å²) in [6, 6.07) is 0.405. The standard InChI is InChI=1S/C16H26N2O2/c1-11(2)6-16(20)17-8-12-7-13(10-17)14-4-3-5-15(19)18(14)9-12/h11-14H,3-10H2,1-2H3/t12?,13?,14-/m1/s1. The van der Waals surface area contributed by atoms with Crippen molar-refractivity contribution in [2.45, 2.75) is 52.0 Å². The predicted molar refractivity (Wildman–Crippen MR) is 77.0 cm³/mol. The number of piperidine rings is 3. The molecule has 2 amide bonds. The molecule has 0 saturated carbocycles. The van der Waals surface area contributed by atoms with Crippen LogP contribution in [0, 0.1) is 17.8 Å². The SMILES string of the molecule is CC(C)CC(=O)N1CC2CC(C1)[C@H]1CCCC(=O)N1C2. The van der Waals surface area contributed by atoms with Gasteiger partial charge in [-0.3, -0.25) is 9.59 Å². The molecule has 4 heteroatoms. The molecule has 3 saturated heterocycles. The molecular weight excluding hydrogens is 252 g/mol. The van der Waals surface area contributed by atoms with Crippen molar-refractivity contribution in [2.24, 2.45) is 17.8 Å². The largest absolute Gasteiger partial charge is 0.342 e. The van der Waals surface area contributed by atoms with Crippen LogP contribution in [0.15, 0.2) is 0 Å². The minimum Gasteiger partial charge on any atom is -0.342 e. The average Bonchev–Trinajstić information content (AvgIpc) is 2.39. The normalized spacial score (nSPS) is 33.4. The monoisotopic (exact) mass is 278 g/mol. The highest BCUT2D eigenvalue weighted by Gasteiger charge is 2.44. The molecule has 0 radical (unpaired) electrons. The Kier molecular flexibility index (Phi) is 3.74. The Morgan fingerprint density at radius 2 is 2.10 bits per heavy atom. The number of hydrogen-bond donors (Lipinski definition) is 0. The Morgan fingerprint density at radius 3 is 2.85 bits per heavy atom. The number of nitrogens with zero attached hydrogens (tertiary/aromatic N) is 2. The molecule has 0 N–H and O–H groups in total. The minimum atomic E-state index is 0.310. The number of carbonyl (C=O) groups is 2. The molecule has 3 aliphatic rings. The van der Waals surface area contributed by atoms with Crippen LogP contribution in [0.3, 0.4) is 0 Å². The molecule has 0 aromatic carbocycles.